The van der Waals surface area contributed by atoms with E-state index in [1.165, 1.54) is 44.9 Å². The molecule has 0 aromatic heterocycles. The van der Waals surface area contributed by atoms with Crippen LogP contribution in [0.25, 0.3) is 0 Å². The topological polar surface area (TPSA) is 52.6 Å². The second kappa shape index (κ2) is 17.1. The Bertz CT molecular complexity index is 369. The Morgan fingerprint density at radius 3 is 1.67 bits per heavy atom. The number of carbonyl (C=O) groups excluding carboxylic acids is 2. The van der Waals surface area contributed by atoms with Gasteiger partial charge in [0.25, 0.3) is 0 Å². The van der Waals surface area contributed by atoms with Crippen molar-refractivity contribution in [1.82, 2.24) is 0 Å². The first-order valence-electron chi connectivity index (χ1n) is 11.2. The van der Waals surface area contributed by atoms with Crippen LogP contribution in [0.2, 0.25) is 0 Å². The van der Waals surface area contributed by atoms with Gasteiger partial charge in [-0.05, 0) is 24.7 Å². The molecule has 0 atom stereocenters. The molecule has 4 nitrogen and oxygen atoms in total. The number of rotatable bonds is 17. The minimum Gasteiger partial charge on any atom is -0.466 e. The molecular formula is C23H44O4. The summed E-state index contributed by atoms with van der Waals surface area (Å²) in [6, 6.07) is 0. The first kappa shape index (κ1) is 25.9. The van der Waals surface area contributed by atoms with Gasteiger partial charge in [-0.2, -0.15) is 0 Å². The maximum absolute atomic E-state index is 11.9. The lowest BCUT2D eigenvalue weighted by Gasteiger charge is -2.24. The fourth-order valence-electron chi connectivity index (χ4n) is 3.30. The van der Waals surface area contributed by atoms with Crippen LogP contribution in [-0.4, -0.2) is 24.6 Å². The van der Waals surface area contributed by atoms with Gasteiger partial charge in [0.15, 0.2) is 0 Å². The number of ether oxygens (including phenoxy) is 2. The van der Waals surface area contributed by atoms with E-state index in [1.807, 2.05) is 0 Å². The Hall–Kier alpha value is -1.06. The molecule has 0 amide bonds. The van der Waals surface area contributed by atoms with Gasteiger partial charge in [-0.3, -0.25) is 9.59 Å². The third-order valence-electron chi connectivity index (χ3n) is 4.85. The number of esters is 2. The fourth-order valence-corrected chi connectivity index (χ4v) is 3.30. The van der Waals surface area contributed by atoms with Gasteiger partial charge >= 0.3 is 11.9 Å². The largest absolute Gasteiger partial charge is 0.466 e. The zero-order valence-electron chi connectivity index (χ0n) is 18.6. The molecule has 0 rings (SSSR count). The van der Waals surface area contributed by atoms with Crippen LogP contribution >= 0.6 is 0 Å². The van der Waals surface area contributed by atoms with Crippen LogP contribution in [0, 0.1) is 11.8 Å². The molecule has 0 aliphatic heterocycles. The van der Waals surface area contributed by atoms with Crippen molar-refractivity contribution in [3.63, 3.8) is 0 Å². The van der Waals surface area contributed by atoms with Gasteiger partial charge in [0.1, 0.15) is 6.10 Å². The third kappa shape index (κ3) is 15.7. The summed E-state index contributed by atoms with van der Waals surface area (Å²) in [4.78, 5) is 23.6. The molecule has 0 aromatic carbocycles. The van der Waals surface area contributed by atoms with E-state index < -0.39 is 0 Å². The smallest absolute Gasteiger partial charge is 0.306 e. The van der Waals surface area contributed by atoms with Gasteiger partial charge in [-0.15, -0.1) is 0 Å². The molecule has 0 bridgehead atoms. The van der Waals surface area contributed by atoms with Crippen molar-refractivity contribution in [2.45, 2.75) is 118 Å². The van der Waals surface area contributed by atoms with Gasteiger partial charge in [0.05, 0.1) is 6.61 Å². The normalized spacial score (nSPS) is 11.4. The van der Waals surface area contributed by atoms with E-state index in [2.05, 4.69) is 34.6 Å². The summed E-state index contributed by atoms with van der Waals surface area (Å²) in [5.41, 5.74) is 0. The molecule has 0 radical (unpaired) electrons. The number of carbonyl (C=O) groups is 2. The van der Waals surface area contributed by atoms with Crippen LogP contribution in [0.1, 0.15) is 112 Å². The second-order valence-electron chi connectivity index (χ2n) is 8.34. The van der Waals surface area contributed by atoms with E-state index in [9.17, 15) is 9.59 Å². The lowest BCUT2D eigenvalue weighted by molar-refractivity contribution is -0.154. The summed E-state index contributed by atoms with van der Waals surface area (Å²) in [5.74, 6) is 0.186. The third-order valence-corrected chi connectivity index (χ3v) is 4.85. The van der Waals surface area contributed by atoms with Gasteiger partial charge in [-0.1, -0.05) is 86.0 Å². The predicted octanol–water partition coefficient (Wildman–Crippen LogP) is 6.45. The monoisotopic (exact) mass is 384 g/mol. The lowest BCUT2D eigenvalue weighted by Crippen LogP contribution is -2.28. The molecule has 0 aliphatic rings. The quantitative estimate of drug-likeness (QED) is 0.213. The average molecular weight is 385 g/mol. The maximum Gasteiger partial charge on any atom is 0.306 e. The lowest BCUT2D eigenvalue weighted by atomic mass is 9.96. The predicted molar refractivity (Wildman–Crippen MR) is 112 cm³/mol. The van der Waals surface area contributed by atoms with Crippen molar-refractivity contribution in [2.24, 2.45) is 11.8 Å². The molecule has 0 fully saturated rings. The van der Waals surface area contributed by atoms with Gasteiger partial charge in [0, 0.05) is 12.8 Å². The van der Waals surface area contributed by atoms with Crippen LogP contribution in [0.4, 0.5) is 0 Å². The first-order chi connectivity index (χ1) is 12.9. The van der Waals surface area contributed by atoms with Crippen LogP contribution in [0.5, 0.6) is 0 Å². The molecule has 0 saturated heterocycles. The molecule has 0 saturated carbocycles. The van der Waals surface area contributed by atoms with Crippen molar-refractivity contribution in [1.29, 1.82) is 0 Å². The Kier molecular flexibility index (Phi) is 16.4. The van der Waals surface area contributed by atoms with E-state index in [1.54, 1.807) is 0 Å². The minimum atomic E-state index is -0.214. The van der Waals surface area contributed by atoms with Crippen LogP contribution in [-0.2, 0) is 19.1 Å². The Balaban J connectivity index is 3.57. The van der Waals surface area contributed by atoms with E-state index in [0.29, 0.717) is 31.3 Å². The van der Waals surface area contributed by atoms with E-state index >= 15 is 0 Å². The molecular weight excluding hydrogens is 340 g/mol. The minimum absolute atomic E-state index is 0.0592. The molecule has 27 heavy (non-hydrogen) atoms. The summed E-state index contributed by atoms with van der Waals surface area (Å²) in [7, 11) is 0. The van der Waals surface area contributed by atoms with E-state index in [-0.39, 0.29) is 24.5 Å². The fraction of sp³-hybridized carbons (Fsp3) is 0.913. The summed E-state index contributed by atoms with van der Waals surface area (Å²) in [6.07, 6.45) is 12.3. The highest BCUT2D eigenvalue weighted by Gasteiger charge is 2.21. The van der Waals surface area contributed by atoms with Crippen molar-refractivity contribution in [3.05, 3.63) is 0 Å². The zero-order chi connectivity index (χ0) is 20.5. The maximum atomic E-state index is 11.9. The van der Waals surface area contributed by atoms with E-state index in [4.69, 9.17) is 9.47 Å². The van der Waals surface area contributed by atoms with Gasteiger partial charge < -0.3 is 9.47 Å². The Morgan fingerprint density at radius 2 is 1.15 bits per heavy atom. The molecule has 0 aromatic rings. The highest BCUT2D eigenvalue weighted by atomic mass is 16.5. The molecule has 0 N–H and O–H groups in total. The van der Waals surface area contributed by atoms with Crippen molar-refractivity contribution in [2.75, 3.05) is 6.61 Å². The van der Waals surface area contributed by atoms with Crippen molar-refractivity contribution in [3.8, 4) is 0 Å². The number of hydrogen-bond donors (Lipinski definition) is 0. The average Bonchev–Trinajstić information content (AvgIpc) is 2.60. The summed E-state index contributed by atoms with van der Waals surface area (Å²) in [5, 5.41) is 0. The van der Waals surface area contributed by atoms with E-state index in [0.717, 1.165) is 12.8 Å². The van der Waals surface area contributed by atoms with Crippen molar-refractivity contribution >= 4 is 11.9 Å². The highest BCUT2D eigenvalue weighted by Crippen LogP contribution is 2.17. The SMILES string of the molecule is CCCCCCCCCCCOC(=O)CCCC(=O)OC(C(C)C)C(C)C. The zero-order valence-corrected chi connectivity index (χ0v) is 18.6. The van der Waals surface area contributed by atoms with Crippen molar-refractivity contribution < 1.29 is 19.1 Å². The van der Waals surface area contributed by atoms with Gasteiger partial charge in [0.2, 0.25) is 0 Å². The van der Waals surface area contributed by atoms with Crippen LogP contribution in [0.15, 0.2) is 0 Å². The molecule has 160 valence electrons. The van der Waals surface area contributed by atoms with Gasteiger partial charge in [-0.25, -0.2) is 0 Å². The summed E-state index contributed by atoms with van der Waals surface area (Å²) in [6.45, 7) is 11.0. The van der Waals surface area contributed by atoms with Crippen LogP contribution in [0.3, 0.4) is 0 Å². The number of unbranched alkanes of at least 4 members (excludes halogenated alkanes) is 8. The van der Waals surface area contributed by atoms with Crippen LogP contribution < -0.4 is 0 Å². The molecule has 4 heteroatoms. The standard InChI is InChI=1S/C23H44O4/c1-6-7-8-9-10-11-12-13-14-18-26-21(24)16-15-17-22(25)27-23(19(2)3)20(4)5/h19-20,23H,6-18H2,1-5H3. The Morgan fingerprint density at radius 1 is 0.667 bits per heavy atom. The molecule has 0 spiro atoms. The Labute approximate surface area is 167 Å². The highest BCUT2D eigenvalue weighted by molar-refractivity contribution is 5.72. The summed E-state index contributed by atoms with van der Waals surface area (Å²) >= 11 is 0. The second-order valence-corrected chi connectivity index (χ2v) is 8.34. The number of hydrogen-bond acceptors (Lipinski definition) is 4. The summed E-state index contributed by atoms with van der Waals surface area (Å²) < 4.78 is 10.8. The molecule has 0 heterocycles. The molecule has 0 unspecified atom stereocenters. The first-order valence-corrected chi connectivity index (χ1v) is 11.2. The molecule has 0 aliphatic carbocycles.